The summed E-state index contributed by atoms with van der Waals surface area (Å²) in [5.74, 6) is -4.20. The van der Waals surface area contributed by atoms with E-state index in [-0.39, 0.29) is 59.7 Å². The van der Waals surface area contributed by atoms with Crippen molar-refractivity contribution in [2.24, 2.45) is 0 Å². The van der Waals surface area contributed by atoms with Gasteiger partial charge in [-0.2, -0.15) is 0 Å². The van der Waals surface area contributed by atoms with E-state index in [2.05, 4.69) is 14.5 Å². The van der Waals surface area contributed by atoms with E-state index < -0.39 is 35.0 Å². The molecule has 0 radical (unpaired) electrons. The van der Waals surface area contributed by atoms with Gasteiger partial charge in [0.15, 0.2) is 0 Å². The number of aromatic hydroxyl groups is 2. The molecule has 2 aromatic carbocycles. The van der Waals surface area contributed by atoms with Crippen molar-refractivity contribution in [2.45, 2.75) is 0 Å². The second kappa shape index (κ2) is 11.3. The van der Waals surface area contributed by atoms with Crippen LogP contribution >= 0.6 is 46.4 Å². The average Bonchev–Trinajstić information content (AvgIpc) is 3.40. The molecular formula is C26H16Cl4N2O8. The minimum atomic E-state index is -0.831. The first-order valence-electron chi connectivity index (χ1n) is 11.0. The highest BCUT2D eigenvalue weighted by Crippen LogP contribution is 2.40. The molecule has 206 valence electrons. The largest absolute Gasteiger partial charge is 0.507 e. The fourth-order valence-corrected chi connectivity index (χ4v) is 4.69. The summed E-state index contributed by atoms with van der Waals surface area (Å²) in [6.45, 7) is 0. The van der Waals surface area contributed by atoms with Crippen LogP contribution in [0.2, 0.25) is 20.4 Å². The van der Waals surface area contributed by atoms with Crippen molar-refractivity contribution >= 4 is 69.9 Å². The monoisotopic (exact) mass is 624 g/mol. The average molecular weight is 626 g/mol. The second-order valence-electron chi connectivity index (χ2n) is 8.09. The number of aromatic amines is 1. The molecule has 0 aliphatic rings. The van der Waals surface area contributed by atoms with Gasteiger partial charge in [-0.25, -0.2) is 9.59 Å². The van der Waals surface area contributed by atoms with E-state index in [0.717, 1.165) is 30.9 Å². The molecule has 10 nitrogen and oxygen atoms in total. The molecule has 0 saturated heterocycles. The van der Waals surface area contributed by atoms with Gasteiger partial charge < -0.3 is 24.7 Å². The third-order valence-electron chi connectivity index (χ3n) is 5.78. The molecule has 3 N–H and O–H groups in total. The van der Waals surface area contributed by atoms with E-state index in [1.807, 2.05) is 0 Å². The number of aromatic nitrogens is 2. The Kier molecular flexibility index (Phi) is 8.18. The third kappa shape index (κ3) is 5.02. The normalized spacial score (nSPS) is 10.8. The Morgan fingerprint density at radius 2 is 1.27 bits per heavy atom. The molecule has 2 aromatic heterocycles. The lowest BCUT2D eigenvalue weighted by atomic mass is 10.0. The molecule has 0 unspecified atom stereocenters. The van der Waals surface area contributed by atoms with Crippen LogP contribution in [0.5, 0.6) is 11.5 Å². The smallest absolute Gasteiger partial charge is 0.337 e. The summed E-state index contributed by atoms with van der Waals surface area (Å²) in [4.78, 5) is 53.3. The van der Waals surface area contributed by atoms with Crippen molar-refractivity contribution in [3.8, 4) is 17.2 Å². The number of carbonyl (C=O) groups is 4. The number of carbonyl (C=O) groups excluding carboxylic acids is 4. The molecular weight excluding hydrogens is 610 g/mol. The number of benzene rings is 2. The van der Waals surface area contributed by atoms with E-state index in [4.69, 9.17) is 46.4 Å². The molecule has 0 saturated carbocycles. The van der Waals surface area contributed by atoms with Crippen LogP contribution < -0.4 is 0 Å². The molecule has 0 bridgehead atoms. The number of hydrogen-bond donors (Lipinski definition) is 3. The van der Waals surface area contributed by atoms with Crippen molar-refractivity contribution < 1.29 is 38.9 Å². The van der Waals surface area contributed by atoms with Gasteiger partial charge in [0, 0.05) is 0 Å². The van der Waals surface area contributed by atoms with Crippen molar-refractivity contribution in [2.75, 3.05) is 14.2 Å². The van der Waals surface area contributed by atoms with Crippen LogP contribution in [-0.4, -0.2) is 57.5 Å². The van der Waals surface area contributed by atoms with Gasteiger partial charge in [0.25, 0.3) is 0 Å². The Bertz CT molecular complexity index is 1600. The first kappa shape index (κ1) is 29.0. The van der Waals surface area contributed by atoms with Crippen LogP contribution in [0.1, 0.15) is 52.8 Å². The lowest BCUT2D eigenvalue weighted by Crippen LogP contribution is -2.13. The summed E-state index contributed by atoms with van der Waals surface area (Å²) in [6, 6.07) is 8.19. The summed E-state index contributed by atoms with van der Waals surface area (Å²) in [7, 11) is 2.32. The number of rotatable bonds is 7. The van der Waals surface area contributed by atoms with Crippen molar-refractivity contribution in [3.63, 3.8) is 0 Å². The highest BCUT2D eigenvalue weighted by molar-refractivity contribution is 6.45. The summed E-state index contributed by atoms with van der Waals surface area (Å²) >= 11 is 25.3. The summed E-state index contributed by atoms with van der Waals surface area (Å²) < 4.78 is 10.3. The number of ketones is 2. The topological polar surface area (TPSA) is 148 Å². The van der Waals surface area contributed by atoms with Crippen LogP contribution in [0.15, 0.2) is 42.5 Å². The number of hydrogen-bond acceptors (Lipinski definition) is 8. The van der Waals surface area contributed by atoms with E-state index in [1.54, 1.807) is 0 Å². The number of methoxy groups -OCH3 is 2. The van der Waals surface area contributed by atoms with Crippen LogP contribution in [0.3, 0.4) is 0 Å². The van der Waals surface area contributed by atoms with Gasteiger partial charge in [-0.1, -0.05) is 46.4 Å². The van der Waals surface area contributed by atoms with Crippen molar-refractivity contribution in [3.05, 3.63) is 96.5 Å². The number of phenolic OH excluding ortho intramolecular Hbond substituents is 2. The molecule has 0 fully saturated rings. The number of esters is 2. The van der Waals surface area contributed by atoms with Crippen LogP contribution in [-0.2, 0) is 9.47 Å². The van der Waals surface area contributed by atoms with E-state index in [0.29, 0.717) is 0 Å². The number of phenols is 2. The van der Waals surface area contributed by atoms with Crippen molar-refractivity contribution in [1.82, 2.24) is 9.55 Å². The fraction of sp³-hybridized carbons (Fsp3) is 0.0769. The van der Waals surface area contributed by atoms with E-state index in [1.165, 1.54) is 30.3 Å². The Morgan fingerprint density at radius 1 is 0.775 bits per heavy atom. The van der Waals surface area contributed by atoms with Gasteiger partial charge in [0.2, 0.25) is 11.6 Å². The van der Waals surface area contributed by atoms with Crippen LogP contribution in [0, 0.1) is 0 Å². The zero-order chi connectivity index (χ0) is 29.5. The van der Waals surface area contributed by atoms with Crippen molar-refractivity contribution in [1.29, 1.82) is 0 Å². The number of halogens is 4. The Balaban J connectivity index is 1.87. The first-order chi connectivity index (χ1) is 18.9. The van der Waals surface area contributed by atoms with Gasteiger partial charge in [-0.15, -0.1) is 0 Å². The molecule has 0 amide bonds. The summed E-state index contributed by atoms with van der Waals surface area (Å²) in [5, 5.41) is 20.2. The first-order valence-corrected chi connectivity index (χ1v) is 12.5. The molecule has 2 heterocycles. The number of nitrogens with one attached hydrogen (secondary N) is 1. The van der Waals surface area contributed by atoms with Gasteiger partial charge in [-0.05, 0) is 42.5 Å². The van der Waals surface area contributed by atoms with Crippen LogP contribution in [0.4, 0.5) is 0 Å². The number of nitrogens with zero attached hydrogens (tertiary/aromatic N) is 1. The van der Waals surface area contributed by atoms with Gasteiger partial charge in [0.1, 0.15) is 32.5 Å². The van der Waals surface area contributed by atoms with E-state index in [9.17, 15) is 29.4 Å². The molecule has 0 atom stereocenters. The Labute approximate surface area is 245 Å². The maximum absolute atomic E-state index is 13.6. The fourth-order valence-electron chi connectivity index (χ4n) is 3.86. The number of H-pyrrole nitrogens is 1. The van der Waals surface area contributed by atoms with Gasteiger partial charge in [-0.3, -0.25) is 14.2 Å². The highest BCUT2D eigenvalue weighted by atomic mass is 35.5. The molecule has 40 heavy (non-hydrogen) atoms. The standard InChI is InChI=1S/C26H16Cl4N2O8/c1-39-25(37)10-3-5-12(16(33)7-10)21(35)15-9-14(27)24(30)32(15)20-18(28)23(29)31-19(20)22(36)13-6-4-11(8-17(13)34)26(38)40-2/h3-9,31,33-34H,1-2H3. The minimum Gasteiger partial charge on any atom is -0.507 e. The SMILES string of the molecule is COC(=O)c1ccc(C(=O)c2[nH]c(Cl)c(Cl)c2-n2c(C(=O)c3ccc(C(=O)OC)cc3O)cc(Cl)c2Cl)c(O)c1. The Hall–Kier alpha value is -3.96. The molecule has 14 heteroatoms. The molecule has 4 rings (SSSR count). The molecule has 0 aliphatic carbocycles. The number of ether oxygens (including phenoxy) is 2. The highest BCUT2D eigenvalue weighted by Gasteiger charge is 2.31. The van der Waals surface area contributed by atoms with Crippen LogP contribution in [0.25, 0.3) is 5.69 Å². The zero-order valence-electron chi connectivity index (χ0n) is 20.3. The summed E-state index contributed by atoms with van der Waals surface area (Å²) in [6.07, 6.45) is 0. The maximum atomic E-state index is 13.6. The molecule has 4 aromatic rings. The lowest BCUT2D eigenvalue weighted by molar-refractivity contribution is 0.0591. The van der Waals surface area contributed by atoms with Gasteiger partial charge >= 0.3 is 11.9 Å². The quantitative estimate of drug-likeness (QED) is 0.171. The second-order valence-corrected chi connectivity index (χ2v) is 9.61. The minimum absolute atomic E-state index is 0.00522. The Morgan fingerprint density at radius 3 is 1.75 bits per heavy atom. The van der Waals surface area contributed by atoms with Gasteiger partial charge in [0.05, 0.1) is 52.9 Å². The maximum Gasteiger partial charge on any atom is 0.337 e. The third-order valence-corrected chi connectivity index (χ3v) is 7.29. The zero-order valence-corrected chi connectivity index (χ0v) is 23.4. The summed E-state index contributed by atoms with van der Waals surface area (Å²) in [5.41, 5.74) is -1.19. The molecule has 0 spiro atoms. The molecule has 0 aliphatic heterocycles. The lowest BCUT2D eigenvalue weighted by Gasteiger charge is -2.13. The van der Waals surface area contributed by atoms with E-state index >= 15 is 0 Å². The predicted molar refractivity (Wildman–Crippen MR) is 146 cm³/mol. The predicted octanol–water partition coefficient (Wildman–Crippen LogP) is 5.87.